The predicted octanol–water partition coefficient (Wildman–Crippen LogP) is 4.81. The van der Waals surface area contributed by atoms with Gasteiger partial charge in [-0.1, -0.05) is 29.8 Å². The van der Waals surface area contributed by atoms with E-state index in [0.29, 0.717) is 18.0 Å². The van der Waals surface area contributed by atoms with Crippen LogP contribution in [0.3, 0.4) is 0 Å². The van der Waals surface area contributed by atoms with Crippen LogP contribution in [0.25, 0.3) is 0 Å². The fourth-order valence-corrected chi connectivity index (χ4v) is 4.26. The zero-order chi connectivity index (χ0) is 25.2. The van der Waals surface area contributed by atoms with Gasteiger partial charge in [0.05, 0.1) is 20.6 Å². The lowest BCUT2D eigenvalue weighted by Gasteiger charge is -2.29. The molecule has 0 aromatic heterocycles. The van der Waals surface area contributed by atoms with E-state index in [0.717, 1.165) is 30.4 Å². The maximum absolute atomic E-state index is 13.4. The highest BCUT2D eigenvalue weighted by molar-refractivity contribution is 5.88. The number of rotatable bonds is 11. The third kappa shape index (κ3) is 7.57. The number of carbonyl (C=O) groups excluding carboxylic acids is 2. The van der Waals surface area contributed by atoms with Crippen LogP contribution in [0.2, 0.25) is 0 Å². The van der Waals surface area contributed by atoms with E-state index in [9.17, 15) is 14.0 Å². The molecule has 6 nitrogen and oxygen atoms in total. The predicted molar refractivity (Wildman–Crippen MR) is 134 cm³/mol. The van der Waals surface area contributed by atoms with Gasteiger partial charge in [0.1, 0.15) is 11.9 Å². The van der Waals surface area contributed by atoms with Crippen molar-refractivity contribution in [3.63, 3.8) is 0 Å². The highest BCUT2D eigenvalue weighted by Crippen LogP contribution is 2.28. The van der Waals surface area contributed by atoms with Crippen molar-refractivity contribution in [3.05, 3.63) is 71.1 Å². The van der Waals surface area contributed by atoms with E-state index < -0.39 is 6.04 Å². The first-order valence-corrected chi connectivity index (χ1v) is 12.1. The van der Waals surface area contributed by atoms with Crippen LogP contribution >= 0.6 is 0 Å². The minimum absolute atomic E-state index is 0.0893. The maximum atomic E-state index is 13.4. The Morgan fingerprint density at radius 1 is 1.03 bits per heavy atom. The number of hydrogen-bond acceptors (Lipinski definition) is 4. The summed E-state index contributed by atoms with van der Waals surface area (Å²) in [6, 6.07) is 10.6. The average molecular weight is 483 g/mol. The summed E-state index contributed by atoms with van der Waals surface area (Å²) >= 11 is 0. The second-order valence-electron chi connectivity index (χ2n) is 8.84. The van der Waals surface area contributed by atoms with Gasteiger partial charge in [-0.15, -0.1) is 0 Å². The lowest BCUT2D eigenvalue weighted by molar-refractivity contribution is -0.140. The fourth-order valence-electron chi connectivity index (χ4n) is 4.26. The molecule has 35 heavy (non-hydrogen) atoms. The van der Waals surface area contributed by atoms with Gasteiger partial charge < -0.3 is 19.7 Å². The number of allylic oxidation sites excluding steroid dienone is 1. The summed E-state index contributed by atoms with van der Waals surface area (Å²) in [4.78, 5) is 27.9. The molecule has 188 valence electrons. The van der Waals surface area contributed by atoms with Crippen molar-refractivity contribution >= 4 is 11.8 Å². The molecule has 7 heteroatoms. The zero-order valence-electron chi connectivity index (χ0n) is 20.8. The fraction of sp³-hybridized carbons (Fsp3) is 0.429. The Kier molecular flexibility index (Phi) is 9.70. The van der Waals surface area contributed by atoms with E-state index in [4.69, 9.17) is 9.47 Å². The number of nitrogens with one attached hydrogen (secondary N) is 1. The van der Waals surface area contributed by atoms with Gasteiger partial charge in [0.25, 0.3) is 0 Å². The molecule has 3 rings (SSSR count). The van der Waals surface area contributed by atoms with Crippen molar-refractivity contribution in [1.29, 1.82) is 0 Å². The molecular weight excluding hydrogens is 447 g/mol. The van der Waals surface area contributed by atoms with E-state index in [1.54, 1.807) is 56.4 Å². The maximum Gasteiger partial charge on any atom is 0.242 e. The molecule has 0 heterocycles. The van der Waals surface area contributed by atoms with Gasteiger partial charge in [0.2, 0.25) is 11.8 Å². The third-order valence-corrected chi connectivity index (χ3v) is 6.37. The number of halogens is 1. The molecule has 2 aromatic rings. The number of ether oxygens (including phenoxy) is 2. The van der Waals surface area contributed by atoms with Crippen LogP contribution < -0.4 is 14.8 Å². The van der Waals surface area contributed by atoms with Gasteiger partial charge in [-0.25, -0.2) is 4.39 Å². The van der Waals surface area contributed by atoms with Crippen molar-refractivity contribution in [2.24, 2.45) is 0 Å². The minimum atomic E-state index is -0.687. The Bertz CT molecular complexity index is 1040. The molecule has 0 saturated heterocycles. The van der Waals surface area contributed by atoms with Crippen molar-refractivity contribution in [2.45, 2.75) is 58.0 Å². The van der Waals surface area contributed by atoms with E-state index in [-0.39, 0.29) is 30.6 Å². The van der Waals surface area contributed by atoms with Crippen molar-refractivity contribution < 1.29 is 23.5 Å². The van der Waals surface area contributed by atoms with Crippen LogP contribution in [-0.2, 0) is 22.6 Å². The topological polar surface area (TPSA) is 67.9 Å². The molecule has 1 aliphatic rings. The first-order valence-electron chi connectivity index (χ1n) is 12.1. The number of amides is 2. The zero-order valence-corrected chi connectivity index (χ0v) is 20.8. The smallest absolute Gasteiger partial charge is 0.242 e. The summed E-state index contributed by atoms with van der Waals surface area (Å²) in [6.45, 7) is 2.47. The van der Waals surface area contributed by atoms with E-state index in [1.165, 1.54) is 30.5 Å². The summed E-state index contributed by atoms with van der Waals surface area (Å²) in [5.41, 5.74) is 2.88. The van der Waals surface area contributed by atoms with Crippen LogP contribution in [0, 0.1) is 5.82 Å². The molecule has 1 atom stereocenters. The molecule has 1 N–H and O–H groups in total. The molecular formula is C28H35FN2O4. The monoisotopic (exact) mass is 482 g/mol. The summed E-state index contributed by atoms with van der Waals surface area (Å²) in [7, 11) is 3.10. The molecule has 0 aliphatic heterocycles. The number of benzene rings is 2. The van der Waals surface area contributed by atoms with Crippen molar-refractivity contribution in [1.82, 2.24) is 10.2 Å². The van der Waals surface area contributed by atoms with Crippen molar-refractivity contribution in [3.8, 4) is 11.5 Å². The molecule has 0 fully saturated rings. The summed E-state index contributed by atoms with van der Waals surface area (Å²) in [5.74, 6) is 0.349. The quantitative estimate of drug-likeness (QED) is 0.467. The number of nitrogens with zero attached hydrogens (tertiary/aromatic N) is 1. The molecule has 2 aromatic carbocycles. The van der Waals surface area contributed by atoms with E-state index in [1.807, 2.05) is 0 Å². The first-order chi connectivity index (χ1) is 16.9. The van der Waals surface area contributed by atoms with Crippen LogP contribution in [0.4, 0.5) is 4.39 Å². The van der Waals surface area contributed by atoms with Crippen molar-refractivity contribution in [2.75, 3.05) is 20.8 Å². The molecule has 0 spiro atoms. The van der Waals surface area contributed by atoms with Gasteiger partial charge in [-0.2, -0.15) is 0 Å². The van der Waals surface area contributed by atoms with Gasteiger partial charge in [-0.3, -0.25) is 9.59 Å². The van der Waals surface area contributed by atoms with Gasteiger partial charge in [-0.05, 0) is 74.4 Å². The summed E-state index contributed by atoms with van der Waals surface area (Å²) < 4.78 is 24.0. The van der Waals surface area contributed by atoms with E-state index >= 15 is 0 Å². The second-order valence-corrected chi connectivity index (χ2v) is 8.84. The van der Waals surface area contributed by atoms with Gasteiger partial charge >= 0.3 is 0 Å². The highest BCUT2D eigenvalue weighted by atomic mass is 19.1. The van der Waals surface area contributed by atoms with Crippen LogP contribution in [0.5, 0.6) is 11.5 Å². The lowest BCUT2D eigenvalue weighted by Crippen LogP contribution is -2.48. The first kappa shape index (κ1) is 26.3. The normalized spacial score (nSPS) is 14.0. The van der Waals surface area contributed by atoms with E-state index in [2.05, 4.69) is 11.4 Å². The highest BCUT2D eigenvalue weighted by Gasteiger charge is 2.26. The number of carbonyl (C=O) groups is 2. The van der Waals surface area contributed by atoms with Gasteiger partial charge in [0, 0.05) is 13.1 Å². The second kappa shape index (κ2) is 12.9. The Morgan fingerprint density at radius 3 is 2.40 bits per heavy atom. The van der Waals surface area contributed by atoms with Crippen LogP contribution in [0.1, 0.15) is 50.2 Å². The number of hydrogen-bond donors (Lipinski definition) is 1. The van der Waals surface area contributed by atoms with Crippen LogP contribution in [-0.4, -0.2) is 43.5 Å². The molecule has 0 radical (unpaired) electrons. The molecule has 0 saturated carbocycles. The average Bonchev–Trinajstić information content (AvgIpc) is 2.88. The summed E-state index contributed by atoms with van der Waals surface area (Å²) in [5, 5.41) is 2.99. The molecule has 1 aliphatic carbocycles. The Hall–Kier alpha value is -3.35. The SMILES string of the molecule is COc1ccc(CC(=O)N(Cc2ccc(F)cc2)[C@H](C)C(=O)NCCC2=CCCCC2)cc1OC. The molecule has 2 amide bonds. The lowest BCUT2D eigenvalue weighted by atomic mass is 9.97. The Morgan fingerprint density at radius 2 is 1.74 bits per heavy atom. The minimum Gasteiger partial charge on any atom is -0.493 e. The van der Waals surface area contributed by atoms with Crippen LogP contribution in [0.15, 0.2) is 54.1 Å². The molecule has 0 unspecified atom stereocenters. The van der Waals surface area contributed by atoms with Gasteiger partial charge in [0.15, 0.2) is 11.5 Å². The largest absolute Gasteiger partial charge is 0.493 e. The molecule has 0 bridgehead atoms. The Labute approximate surface area is 207 Å². The number of methoxy groups -OCH3 is 2. The third-order valence-electron chi connectivity index (χ3n) is 6.37. The Balaban J connectivity index is 1.71. The summed E-state index contributed by atoms with van der Waals surface area (Å²) in [6.07, 6.45) is 7.82. The standard InChI is InChI=1S/C28H35FN2O4/c1-20(28(33)30-16-15-21-7-5-4-6-8-21)31(19-22-9-12-24(29)13-10-22)27(32)18-23-11-14-25(34-2)26(17-23)35-3/h7,9-14,17,20H,4-6,8,15-16,18-19H2,1-3H3,(H,30,33)/t20-/m1/s1.